The van der Waals surface area contributed by atoms with Crippen LogP contribution >= 0.6 is 0 Å². The Morgan fingerprint density at radius 3 is 2.58 bits per heavy atom. The molecular formula is C11H24N2O5S. The molecule has 0 heterocycles. The highest BCUT2D eigenvalue weighted by Gasteiger charge is 2.23. The molecule has 19 heavy (non-hydrogen) atoms. The molecule has 0 saturated carbocycles. The van der Waals surface area contributed by atoms with E-state index < -0.39 is 27.4 Å². The molecule has 0 spiro atoms. The number of carbonyl (C=O) groups is 1. The molecular weight excluding hydrogens is 272 g/mol. The van der Waals surface area contributed by atoms with E-state index in [1.807, 2.05) is 0 Å². The van der Waals surface area contributed by atoms with Crippen LogP contribution in [0.1, 0.15) is 19.8 Å². The van der Waals surface area contributed by atoms with Gasteiger partial charge in [-0.1, -0.05) is 0 Å². The van der Waals surface area contributed by atoms with Gasteiger partial charge in [0.1, 0.15) is 9.84 Å². The average Bonchev–Trinajstić information content (AvgIpc) is 2.29. The molecule has 7 nitrogen and oxygen atoms in total. The predicted octanol–water partition coefficient (Wildman–Crippen LogP) is -1.35. The second-order valence-electron chi connectivity index (χ2n) is 4.98. The molecule has 1 amide bonds. The fraction of sp³-hybridized carbons (Fsp3) is 0.909. The van der Waals surface area contributed by atoms with Crippen molar-refractivity contribution >= 4 is 15.7 Å². The van der Waals surface area contributed by atoms with E-state index in [9.17, 15) is 18.3 Å². The number of amides is 1. The minimum Gasteiger partial charge on any atom is -0.388 e. The van der Waals surface area contributed by atoms with Crippen LogP contribution in [-0.4, -0.2) is 63.3 Å². The van der Waals surface area contributed by atoms with Crippen LogP contribution in [-0.2, 0) is 19.4 Å². The number of ether oxygens (including phenoxy) is 1. The highest BCUT2D eigenvalue weighted by Crippen LogP contribution is 2.07. The Morgan fingerprint density at radius 2 is 2.11 bits per heavy atom. The van der Waals surface area contributed by atoms with E-state index in [4.69, 9.17) is 10.5 Å². The fourth-order valence-electron chi connectivity index (χ4n) is 1.29. The molecule has 0 aliphatic rings. The number of nitrogens with two attached hydrogens (primary N) is 1. The molecule has 0 bridgehead atoms. The van der Waals surface area contributed by atoms with Gasteiger partial charge in [-0.2, -0.15) is 0 Å². The predicted molar refractivity (Wildman–Crippen MR) is 72.4 cm³/mol. The molecule has 0 saturated heterocycles. The van der Waals surface area contributed by atoms with Gasteiger partial charge in [0.05, 0.1) is 17.4 Å². The minimum absolute atomic E-state index is 0.0434. The molecule has 0 aliphatic carbocycles. The summed E-state index contributed by atoms with van der Waals surface area (Å²) in [6.07, 6.45) is 1.53. The lowest BCUT2D eigenvalue weighted by Gasteiger charge is -2.24. The Bertz CT molecular complexity index is 381. The number of rotatable bonds is 9. The maximum atomic E-state index is 11.6. The van der Waals surface area contributed by atoms with Gasteiger partial charge in [0.2, 0.25) is 5.91 Å². The highest BCUT2D eigenvalue weighted by molar-refractivity contribution is 7.90. The highest BCUT2D eigenvalue weighted by atomic mass is 32.2. The van der Waals surface area contributed by atoms with Crippen molar-refractivity contribution in [3.05, 3.63) is 0 Å². The van der Waals surface area contributed by atoms with Gasteiger partial charge in [-0.05, 0) is 13.3 Å². The molecule has 0 aromatic carbocycles. The normalized spacial score (nSPS) is 16.7. The summed E-state index contributed by atoms with van der Waals surface area (Å²) < 4.78 is 26.7. The number of aliphatic hydroxyl groups is 1. The Kier molecular flexibility index (Phi) is 7.50. The second kappa shape index (κ2) is 7.78. The first-order valence-electron chi connectivity index (χ1n) is 6.00. The summed E-state index contributed by atoms with van der Waals surface area (Å²) in [5.74, 6) is -0.608. The maximum absolute atomic E-state index is 11.6. The van der Waals surface area contributed by atoms with Crippen molar-refractivity contribution in [1.82, 2.24) is 5.32 Å². The number of nitrogens with one attached hydrogen (secondary N) is 1. The van der Waals surface area contributed by atoms with Gasteiger partial charge >= 0.3 is 0 Å². The van der Waals surface area contributed by atoms with Gasteiger partial charge in [0, 0.05) is 32.9 Å². The average molecular weight is 296 g/mol. The van der Waals surface area contributed by atoms with Gasteiger partial charge < -0.3 is 20.9 Å². The van der Waals surface area contributed by atoms with E-state index in [1.54, 1.807) is 6.92 Å². The summed E-state index contributed by atoms with van der Waals surface area (Å²) >= 11 is 0. The summed E-state index contributed by atoms with van der Waals surface area (Å²) in [4.78, 5) is 11.6. The van der Waals surface area contributed by atoms with Crippen molar-refractivity contribution in [3.8, 4) is 0 Å². The summed E-state index contributed by atoms with van der Waals surface area (Å²) in [5, 5.41) is 12.4. The van der Waals surface area contributed by atoms with Crippen LogP contribution in [0.2, 0.25) is 0 Å². The van der Waals surface area contributed by atoms with Gasteiger partial charge in [-0.15, -0.1) is 0 Å². The summed E-state index contributed by atoms with van der Waals surface area (Å²) in [6, 6.07) is -0.895. The lowest BCUT2D eigenvalue weighted by atomic mass is 10.0. The third-order valence-electron chi connectivity index (χ3n) is 2.62. The lowest BCUT2D eigenvalue weighted by molar-refractivity contribution is -0.123. The third-order valence-corrected chi connectivity index (χ3v) is 3.60. The van der Waals surface area contributed by atoms with Crippen LogP contribution in [0.25, 0.3) is 0 Å². The molecule has 4 N–H and O–H groups in total. The number of methoxy groups -OCH3 is 1. The SMILES string of the molecule is COCCC(C)(O)CNC(=O)C(N)CCS(C)(=O)=O. The molecule has 0 aromatic rings. The van der Waals surface area contributed by atoms with Crippen molar-refractivity contribution in [3.63, 3.8) is 0 Å². The minimum atomic E-state index is -3.13. The Labute approximate surface area is 114 Å². The van der Waals surface area contributed by atoms with Crippen molar-refractivity contribution < 1.29 is 23.1 Å². The van der Waals surface area contributed by atoms with Crippen LogP contribution in [0.3, 0.4) is 0 Å². The van der Waals surface area contributed by atoms with Gasteiger partial charge in [0.15, 0.2) is 0 Å². The summed E-state index contributed by atoms with van der Waals surface area (Å²) in [7, 11) is -1.61. The second-order valence-corrected chi connectivity index (χ2v) is 7.24. The number of hydrogen-bond acceptors (Lipinski definition) is 6. The molecule has 2 atom stereocenters. The van der Waals surface area contributed by atoms with Crippen LogP contribution in [0.15, 0.2) is 0 Å². The van der Waals surface area contributed by atoms with Crippen LogP contribution in [0.4, 0.5) is 0 Å². The van der Waals surface area contributed by atoms with Crippen molar-refractivity contribution in [2.45, 2.75) is 31.4 Å². The zero-order valence-electron chi connectivity index (χ0n) is 11.7. The topological polar surface area (TPSA) is 119 Å². The van der Waals surface area contributed by atoms with Gasteiger partial charge in [-0.25, -0.2) is 8.42 Å². The standard InChI is InChI=1S/C11H24N2O5S/c1-11(15,5-6-18-2)8-13-10(14)9(12)4-7-19(3,16)17/h9,15H,4-8,12H2,1-3H3,(H,13,14). The summed E-state index contributed by atoms with van der Waals surface area (Å²) in [6.45, 7) is 2.00. The molecule has 114 valence electrons. The summed E-state index contributed by atoms with van der Waals surface area (Å²) in [5.41, 5.74) is 4.49. The number of sulfone groups is 1. The zero-order valence-corrected chi connectivity index (χ0v) is 12.5. The van der Waals surface area contributed by atoms with Crippen molar-refractivity contribution in [2.24, 2.45) is 5.73 Å². The first-order valence-corrected chi connectivity index (χ1v) is 8.06. The maximum Gasteiger partial charge on any atom is 0.237 e. The van der Waals surface area contributed by atoms with Crippen molar-refractivity contribution in [1.29, 1.82) is 0 Å². The molecule has 0 aliphatic heterocycles. The first kappa shape index (κ1) is 18.3. The largest absolute Gasteiger partial charge is 0.388 e. The monoisotopic (exact) mass is 296 g/mol. The first-order chi connectivity index (χ1) is 8.57. The number of hydrogen-bond donors (Lipinski definition) is 3. The quantitative estimate of drug-likeness (QED) is 0.484. The number of carbonyl (C=O) groups excluding carboxylic acids is 1. The Morgan fingerprint density at radius 1 is 1.53 bits per heavy atom. The van der Waals surface area contributed by atoms with E-state index in [-0.39, 0.29) is 18.7 Å². The molecule has 0 aromatic heterocycles. The molecule has 2 unspecified atom stereocenters. The van der Waals surface area contributed by atoms with E-state index in [1.165, 1.54) is 7.11 Å². The van der Waals surface area contributed by atoms with E-state index in [0.29, 0.717) is 13.0 Å². The van der Waals surface area contributed by atoms with Crippen LogP contribution < -0.4 is 11.1 Å². The van der Waals surface area contributed by atoms with Crippen LogP contribution in [0.5, 0.6) is 0 Å². The molecule has 0 radical (unpaired) electrons. The Balaban J connectivity index is 4.09. The fourth-order valence-corrected chi connectivity index (χ4v) is 1.97. The van der Waals surface area contributed by atoms with E-state index in [2.05, 4.69) is 5.32 Å². The Hall–Kier alpha value is -0.700. The molecule has 8 heteroatoms. The molecule has 0 fully saturated rings. The third kappa shape index (κ3) is 9.83. The van der Waals surface area contributed by atoms with Crippen LogP contribution in [0, 0.1) is 0 Å². The van der Waals surface area contributed by atoms with E-state index in [0.717, 1.165) is 6.26 Å². The van der Waals surface area contributed by atoms with Crippen molar-refractivity contribution in [2.75, 3.05) is 32.3 Å². The lowest BCUT2D eigenvalue weighted by Crippen LogP contribution is -2.47. The van der Waals surface area contributed by atoms with Gasteiger partial charge in [-0.3, -0.25) is 4.79 Å². The van der Waals surface area contributed by atoms with Gasteiger partial charge in [0.25, 0.3) is 0 Å². The smallest absolute Gasteiger partial charge is 0.237 e. The zero-order chi connectivity index (χ0) is 15.1. The van der Waals surface area contributed by atoms with E-state index >= 15 is 0 Å². The molecule has 0 rings (SSSR count).